The lowest BCUT2D eigenvalue weighted by atomic mass is 9.87. The molecule has 2 aromatic rings. The van der Waals surface area contributed by atoms with Crippen molar-refractivity contribution in [2.24, 2.45) is 11.8 Å². The Balaban J connectivity index is 1.95. The summed E-state index contributed by atoms with van der Waals surface area (Å²) in [4.78, 5) is 25.8. The quantitative estimate of drug-likeness (QED) is 0.135. The topological polar surface area (TPSA) is 52.6 Å². The highest BCUT2D eigenvalue weighted by atomic mass is 16.6. The average Bonchev–Trinajstić information content (AvgIpc) is 2.86. The number of hydrogen-bond acceptors (Lipinski definition) is 4. The standard InChI is InChI=1S/C32H38O4/c1-6-8-15-22(3)20-23(4)21-24(5)28(30-27(7-2)31(33)36-30)32(34)35-29(25-16-11-9-12-17-25)26-18-13-10-14-19-26/h7,9-14,16-19,21-22,27,29-30H,2,6,8,15,20H2,1,3-5H3/t22?,27-,30-/m1/s1. The molecule has 2 aromatic carbocycles. The van der Waals surface area contributed by atoms with Crippen LogP contribution in [0.5, 0.6) is 0 Å². The molecule has 3 rings (SSSR count). The summed E-state index contributed by atoms with van der Waals surface area (Å²) in [5.74, 6) is -0.860. The summed E-state index contributed by atoms with van der Waals surface area (Å²) in [6.45, 7) is 12.2. The van der Waals surface area contributed by atoms with Gasteiger partial charge in [0.25, 0.3) is 0 Å². The van der Waals surface area contributed by atoms with Gasteiger partial charge in [0, 0.05) is 0 Å². The molecule has 0 bridgehead atoms. The van der Waals surface area contributed by atoms with Crippen LogP contribution in [0.15, 0.2) is 96.1 Å². The van der Waals surface area contributed by atoms with E-state index in [-0.39, 0.29) is 5.97 Å². The van der Waals surface area contributed by atoms with Gasteiger partial charge in [-0.2, -0.15) is 0 Å². The van der Waals surface area contributed by atoms with Gasteiger partial charge in [-0.3, -0.25) is 4.79 Å². The molecular weight excluding hydrogens is 448 g/mol. The summed E-state index contributed by atoms with van der Waals surface area (Å²) in [5.41, 5.74) is 4.05. The lowest BCUT2D eigenvalue weighted by molar-refractivity contribution is -0.176. The third-order valence-electron chi connectivity index (χ3n) is 6.64. The van der Waals surface area contributed by atoms with Crippen molar-refractivity contribution in [2.45, 2.75) is 65.6 Å². The van der Waals surface area contributed by atoms with Crippen molar-refractivity contribution >= 4 is 11.9 Å². The van der Waals surface area contributed by atoms with Gasteiger partial charge in [-0.1, -0.05) is 111 Å². The Hall–Kier alpha value is -3.40. The van der Waals surface area contributed by atoms with E-state index in [9.17, 15) is 9.59 Å². The third kappa shape index (κ3) is 6.84. The Morgan fingerprint density at radius 2 is 1.64 bits per heavy atom. The molecule has 3 atom stereocenters. The molecule has 1 unspecified atom stereocenters. The third-order valence-corrected chi connectivity index (χ3v) is 6.64. The molecule has 36 heavy (non-hydrogen) atoms. The summed E-state index contributed by atoms with van der Waals surface area (Å²) < 4.78 is 11.6. The van der Waals surface area contributed by atoms with Gasteiger partial charge in [-0.05, 0) is 42.9 Å². The average molecular weight is 487 g/mol. The molecule has 0 aliphatic carbocycles. The SMILES string of the molecule is C=C[C@H]1C(=O)O[C@H]1C(C(=O)OC(c1ccccc1)c1ccccc1)=C(C)C=C(C)CC(C)CCCC. The fourth-order valence-electron chi connectivity index (χ4n) is 4.75. The maximum Gasteiger partial charge on any atom is 0.339 e. The van der Waals surface area contributed by atoms with E-state index >= 15 is 0 Å². The molecule has 0 N–H and O–H groups in total. The van der Waals surface area contributed by atoms with Crippen LogP contribution in [0, 0.1) is 11.8 Å². The smallest absolute Gasteiger partial charge is 0.339 e. The van der Waals surface area contributed by atoms with Crippen molar-refractivity contribution in [2.75, 3.05) is 0 Å². The van der Waals surface area contributed by atoms with E-state index in [4.69, 9.17) is 9.47 Å². The van der Waals surface area contributed by atoms with Crippen LogP contribution in [0.1, 0.15) is 70.6 Å². The molecule has 1 aliphatic heterocycles. The zero-order valence-corrected chi connectivity index (χ0v) is 21.9. The van der Waals surface area contributed by atoms with E-state index in [1.54, 1.807) is 6.08 Å². The largest absolute Gasteiger partial charge is 0.455 e. The Morgan fingerprint density at radius 3 is 2.14 bits per heavy atom. The predicted molar refractivity (Wildman–Crippen MR) is 144 cm³/mol. The Labute approximate surface area is 215 Å². The second-order valence-electron chi connectivity index (χ2n) is 9.76. The zero-order chi connectivity index (χ0) is 26.1. The van der Waals surface area contributed by atoms with Crippen LogP contribution in [0.3, 0.4) is 0 Å². The molecule has 1 fully saturated rings. The number of cyclic esters (lactones) is 1. The second kappa shape index (κ2) is 13.1. The van der Waals surface area contributed by atoms with Crippen LogP contribution >= 0.6 is 0 Å². The van der Waals surface area contributed by atoms with Gasteiger partial charge in [-0.15, -0.1) is 6.58 Å². The molecular formula is C32H38O4. The Kier molecular flexibility index (Phi) is 9.86. The minimum absolute atomic E-state index is 0.371. The fourth-order valence-corrected chi connectivity index (χ4v) is 4.75. The first-order valence-electron chi connectivity index (χ1n) is 12.9. The van der Waals surface area contributed by atoms with Gasteiger partial charge in [0.05, 0.1) is 5.57 Å². The number of rotatable bonds is 12. The van der Waals surface area contributed by atoms with Crippen molar-refractivity contribution in [3.05, 3.63) is 107 Å². The monoisotopic (exact) mass is 486 g/mol. The van der Waals surface area contributed by atoms with E-state index in [2.05, 4.69) is 27.4 Å². The normalized spacial score (nSPS) is 19.1. The minimum Gasteiger partial charge on any atom is -0.455 e. The van der Waals surface area contributed by atoms with Gasteiger partial charge in [0.1, 0.15) is 5.92 Å². The van der Waals surface area contributed by atoms with E-state index in [0.29, 0.717) is 11.5 Å². The van der Waals surface area contributed by atoms with E-state index in [1.807, 2.05) is 73.7 Å². The van der Waals surface area contributed by atoms with Crippen molar-refractivity contribution in [1.29, 1.82) is 0 Å². The molecule has 4 heteroatoms. The fraction of sp³-hybridized carbons (Fsp3) is 0.375. The molecule has 4 nitrogen and oxygen atoms in total. The van der Waals surface area contributed by atoms with Crippen molar-refractivity contribution in [3.63, 3.8) is 0 Å². The van der Waals surface area contributed by atoms with Gasteiger partial charge in [-0.25, -0.2) is 4.79 Å². The van der Waals surface area contributed by atoms with E-state index < -0.39 is 24.1 Å². The van der Waals surface area contributed by atoms with Gasteiger partial charge < -0.3 is 9.47 Å². The number of benzene rings is 2. The predicted octanol–water partition coefficient (Wildman–Crippen LogP) is 7.53. The molecule has 0 spiro atoms. The lowest BCUT2D eigenvalue weighted by Gasteiger charge is -2.35. The van der Waals surface area contributed by atoms with Crippen molar-refractivity contribution < 1.29 is 19.1 Å². The molecule has 0 amide bonds. The summed E-state index contributed by atoms with van der Waals surface area (Å²) in [7, 11) is 0. The highest BCUT2D eigenvalue weighted by molar-refractivity contribution is 5.95. The summed E-state index contributed by atoms with van der Waals surface area (Å²) in [6, 6.07) is 19.3. The number of carbonyl (C=O) groups excluding carboxylic acids is 2. The molecule has 1 heterocycles. The number of hydrogen-bond donors (Lipinski definition) is 0. The first kappa shape index (κ1) is 27.2. The van der Waals surface area contributed by atoms with Gasteiger partial charge >= 0.3 is 11.9 Å². The van der Waals surface area contributed by atoms with Crippen LogP contribution in [0.4, 0.5) is 0 Å². The second-order valence-corrected chi connectivity index (χ2v) is 9.76. The van der Waals surface area contributed by atoms with Crippen molar-refractivity contribution in [1.82, 2.24) is 0 Å². The Morgan fingerprint density at radius 1 is 1.06 bits per heavy atom. The van der Waals surface area contributed by atoms with E-state index in [0.717, 1.165) is 23.1 Å². The maximum atomic E-state index is 13.8. The molecule has 1 saturated heterocycles. The van der Waals surface area contributed by atoms with Crippen molar-refractivity contribution in [3.8, 4) is 0 Å². The van der Waals surface area contributed by atoms with E-state index in [1.165, 1.54) is 24.8 Å². The number of esters is 2. The number of unbranched alkanes of at least 4 members (excludes halogenated alkanes) is 1. The summed E-state index contributed by atoms with van der Waals surface area (Å²) in [5, 5.41) is 0. The van der Waals surface area contributed by atoms with Crippen LogP contribution in [-0.4, -0.2) is 18.0 Å². The molecule has 0 saturated carbocycles. The first-order chi connectivity index (χ1) is 17.3. The lowest BCUT2D eigenvalue weighted by Crippen LogP contribution is -2.47. The molecule has 0 aromatic heterocycles. The van der Waals surface area contributed by atoms with Gasteiger partial charge in [0.2, 0.25) is 0 Å². The molecule has 190 valence electrons. The number of allylic oxidation sites excluding steroid dienone is 3. The highest BCUT2D eigenvalue weighted by Gasteiger charge is 2.46. The summed E-state index contributed by atoms with van der Waals surface area (Å²) >= 11 is 0. The molecule has 1 aliphatic rings. The van der Waals surface area contributed by atoms with Crippen LogP contribution in [0.25, 0.3) is 0 Å². The summed E-state index contributed by atoms with van der Waals surface area (Å²) in [6.07, 6.45) is 6.82. The van der Waals surface area contributed by atoms with Crippen LogP contribution in [0.2, 0.25) is 0 Å². The molecule has 0 radical (unpaired) electrons. The zero-order valence-electron chi connectivity index (χ0n) is 21.9. The minimum atomic E-state index is -0.698. The van der Waals surface area contributed by atoms with Crippen LogP contribution in [-0.2, 0) is 19.1 Å². The highest BCUT2D eigenvalue weighted by Crippen LogP contribution is 2.35. The van der Waals surface area contributed by atoms with Crippen LogP contribution < -0.4 is 0 Å². The maximum absolute atomic E-state index is 13.8. The van der Waals surface area contributed by atoms with Gasteiger partial charge in [0.15, 0.2) is 12.2 Å². The Bertz CT molecular complexity index is 1060. The number of ether oxygens (including phenoxy) is 2. The first-order valence-corrected chi connectivity index (χ1v) is 12.9. The number of carbonyl (C=O) groups is 2.